The molecule has 108 valence electrons. The Hall–Kier alpha value is -0.780. The first-order valence-corrected chi connectivity index (χ1v) is 6.00. The molecule has 0 aromatic rings. The fourth-order valence-electron chi connectivity index (χ4n) is 1.63. The summed E-state index contributed by atoms with van der Waals surface area (Å²) in [6.45, 7) is 6.67. The molecule has 0 aliphatic heterocycles. The highest BCUT2D eigenvalue weighted by Crippen LogP contribution is 2.35. The van der Waals surface area contributed by atoms with Crippen molar-refractivity contribution in [2.24, 2.45) is 17.1 Å². The quantitative estimate of drug-likeness (QED) is 0.616. The second-order valence-corrected chi connectivity index (χ2v) is 5.43. The summed E-state index contributed by atoms with van der Waals surface area (Å²) < 4.78 is 42.8. The number of hydrogen-bond donors (Lipinski definition) is 1. The molecule has 0 rings (SSSR count). The van der Waals surface area contributed by atoms with E-state index in [1.54, 1.807) is 20.8 Å². The molecule has 0 saturated heterocycles. The van der Waals surface area contributed by atoms with Gasteiger partial charge < -0.3 is 10.5 Å². The summed E-state index contributed by atoms with van der Waals surface area (Å²) in [6.07, 6.45) is -3.18. The van der Waals surface area contributed by atoms with E-state index in [-0.39, 0.29) is 6.61 Å². The van der Waals surface area contributed by atoms with Crippen molar-refractivity contribution in [1.29, 1.82) is 0 Å². The van der Waals surface area contributed by atoms with Crippen LogP contribution in [-0.2, 0) is 9.53 Å². The number of hydrogen-bond acceptors (Lipinski definition) is 3. The summed E-state index contributed by atoms with van der Waals surface area (Å²) in [6, 6.07) is -2.20. The summed E-state index contributed by atoms with van der Waals surface area (Å²) in [5.74, 6) is -2.27. The molecule has 0 heterocycles. The Morgan fingerprint density at radius 3 is 2.11 bits per heavy atom. The molecule has 0 saturated carbocycles. The minimum absolute atomic E-state index is 0.131. The van der Waals surface area contributed by atoms with E-state index in [1.807, 2.05) is 6.92 Å². The minimum atomic E-state index is -4.61. The van der Waals surface area contributed by atoms with Crippen LogP contribution in [0.4, 0.5) is 13.2 Å². The normalized spacial score (nSPS) is 16.2. The Morgan fingerprint density at radius 1 is 1.28 bits per heavy atom. The van der Waals surface area contributed by atoms with Crippen LogP contribution in [0.1, 0.15) is 40.5 Å². The number of halogens is 3. The van der Waals surface area contributed by atoms with Crippen LogP contribution in [0.2, 0.25) is 0 Å². The number of carbonyl (C=O) groups excluding carboxylic acids is 1. The van der Waals surface area contributed by atoms with Gasteiger partial charge in [0.15, 0.2) is 0 Å². The van der Waals surface area contributed by atoms with E-state index in [1.165, 1.54) is 0 Å². The van der Waals surface area contributed by atoms with Gasteiger partial charge in [0.25, 0.3) is 0 Å². The van der Waals surface area contributed by atoms with Crippen LogP contribution in [-0.4, -0.2) is 24.8 Å². The van der Waals surface area contributed by atoms with Gasteiger partial charge in [-0.2, -0.15) is 13.2 Å². The largest absolute Gasteiger partial charge is 0.465 e. The van der Waals surface area contributed by atoms with Crippen molar-refractivity contribution in [3.05, 3.63) is 0 Å². The Balaban J connectivity index is 4.86. The highest BCUT2D eigenvalue weighted by molar-refractivity contribution is 5.74. The van der Waals surface area contributed by atoms with E-state index in [2.05, 4.69) is 0 Å². The lowest BCUT2D eigenvalue weighted by atomic mass is 9.76. The van der Waals surface area contributed by atoms with Gasteiger partial charge >= 0.3 is 12.1 Å². The maximum absolute atomic E-state index is 12.6. The van der Waals surface area contributed by atoms with Crippen molar-refractivity contribution in [3.8, 4) is 0 Å². The third-order valence-electron chi connectivity index (χ3n) is 2.67. The molecule has 0 radical (unpaired) electrons. The Bertz CT molecular complexity index is 271. The zero-order valence-corrected chi connectivity index (χ0v) is 11.3. The van der Waals surface area contributed by atoms with Crippen molar-refractivity contribution >= 4 is 5.97 Å². The van der Waals surface area contributed by atoms with Crippen LogP contribution in [0.15, 0.2) is 0 Å². The molecule has 18 heavy (non-hydrogen) atoms. The molecule has 0 unspecified atom stereocenters. The first-order chi connectivity index (χ1) is 8.01. The van der Waals surface area contributed by atoms with Crippen LogP contribution >= 0.6 is 0 Å². The predicted molar refractivity (Wildman–Crippen MR) is 62.8 cm³/mol. The fraction of sp³-hybridized carbons (Fsp3) is 0.917. The number of esters is 1. The first kappa shape index (κ1) is 17.2. The van der Waals surface area contributed by atoms with Crippen molar-refractivity contribution in [1.82, 2.24) is 0 Å². The van der Waals surface area contributed by atoms with Gasteiger partial charge in [-0.25, -0.2) is 0 Å². The number of carbonyl (C=O) groups is 1. The summed E-state index contributed by atoms with van der Waals surface area (Å²) in [4.78, 5) is 11.8. The molecule has 6 heteroatoms. The van der Waals surface area contributed by atoms with E-state index in [4.69, 9.17) is 10.5 Å². The van der Waals surface area contributed by atoms with Crippen LogP contribution in [0, 0.1) is 11.3 Å². The standard InChI is InChI=1S/C12H22F3NO2/c1-5-6-7-18-10(17)8(11(2,3)4)9(16)12(13,14)15/h8-9H,5-7,16H2,1-4H3/t8-,9-/m0/s1. The second kappa shape index (κ2) is 6.41. The molecule has 0 spiro atoms. The SMILES string of the molecule is CCCCOC(=O)[C@H]([C@H](N)C(F)(F)F)C(C)(C)C. The van der Waals surface area contributed by atoms with Crippen LogP contribution < -0.4 is 5.73 Å². The van der Waals surface area contributed by atoms with Crippen LogP contribution in [0.25, 0.3) is 0 Å². The smallest absolute Gasteiger partial charge is 0.404 e. The highest BCUT2D eigenvalue weighted by atomic mass is 19.4. The van der Waals surface area contributed by atoms with E-state index in [0.29, 0.717) is 6.42 Å². The molecule has 3 nitrogen and oxygen atoms in total. The summed E-state index contributed by atoms with van der Waals surface area (Å²) in [5, 5.41) is 0. The second-order valence-electron chi connectivity index (χ2n) is 5.43. The lowest BCUT2D eigenvalue weighted by molar-refractivity contribution is -0.185. The zero-order valence-electron chi connectivity index (χ0n) is 11.3. The van der Waals surface area contributed by atoms with Gasteiger partial charge in [-0.3, -0.25) is 4.79 Å². The van der Waals surface area contributed by atoms with Gasteiger partial charge in [0.05, 0.1) is 12.5 Å². The van der Waals surface area contributed by atoms with Crippen molar-refractivity contribution in [3.63, 3.8) is 0 Å². The van der Waals surface area contributed by atoms with Crippen molar-refractivity contribution in [2.45, 2.75) is 52.8 Å². The third-order valence-corrected chi connectivity index (χ3v) is 2.67. The van der Waals surface area contributed by atoms with Crippen LogP contribution in [0.5, 0.6) is 0 Å². The Kier molecular flexibility index (Phi) is 6.13. The molecule has 0 bridgehead atoms. The molecule has 0 aromatic carbocycles. The summed E-state index contributed by atoms with van der Waals surface area (Å²) in [7, 11) is 0. The first-order valence-electron chi connectivity index (χ1n) is 6.00. The predicted octanol–water partition coefficient (Wildman–Crippen LogP) is 2.88. The lowest BCUT2D eigenvalue weighted by Crippen LogP contribution is -2.52. The van der Waals surface area contributed by atoms with Gasteiger partial charge in [0.2, 0.25) is 0 Å². The summed E-state index contributed by atoms with van der Waals surface area (Å²) >= 11 is 0. The van der Waals surface area contributed by atoms with Gasteiger partial charge in [-0.05, 0) is 11.8 Å². The number of unbranched alkanes of at least 4 members (excludes halogenated alkanes) is 1. The average Bonchev–Trinajstić information content (AvgIpc) is 2.14. The lowest BCUT2D eigenvalue weighted by Gasteiger charge is -2.34. The number of alkyl halides is 3. The molecule has 0 aliphatic rings. The van der Waals surface area contributed by atoms with Crippen molar-refractivity contribution in [2.75, 3.05) is 6.61 Å². The maximum Gasteiger partial charge on any atom is 0.404 e. The third kappa shape index (κ3) is 5.25. The van der Waals surface area contributed by atoms with Gasteiger partial charge in [-0.15, -0.1) is 0 Å². The number of rotatable bonds is 5. The molecule has 2 N–H and O–H groups in total. The van der Waals surface area contributed by atoms with E-state index < -0.39 is 29.5 Å². The van der Waals surface area contributed by atoms with E-state index in [9.17, 15) is 18.0 Å². The fourth-order valence-corrected chi connectivity index (χ4v) is 1.63. The molecule has 2 atom stereocenters. The monoisotopic (exact) mass is 269 g/mol. The van der Waals surface area contributed by atoms with E-state index in [0.717, 1.165) is 6.42 Å². The number of nitrogens with two attached hydrogens (primary N) is 1. The minimum Gasteiger partial charge on any atom is -0.465 e. The molecule has 0 aliphatic carbocycles. The molecular weight excluding hydrogens is 247 g/mol. The Labute approximate surface area is 106 Å². The van der Waals surface area contributed by atoms with Gasteiger partial charge in [0, 0.05) is 0 Å². The molecule has 0 fully saturated rings. The molecule has 0 amide bonds. The maximum atomic E-state index is 12.6. The number of ether oxygens (including phenoxy) is 1. The topological polar surface area (TPSA) is 52.3 Å². The van der Waals surface area contributed by atoms with Gasteiger partial charge in [0.1, 0.15) is 6.04 Å². The molecular formula is C12H22F3NO2. The molecule has 0 aromatic heterocycles. The van der Waals surface area contributed by atoms with Crippen molar-refractivity contribution < 1.29 is 22.7 Å². The van der Waals surface area contributed by atoms with Crippen LogP contribution in [0.3, 0.4) is 0 Å². The van der Waals surface area contributed by atoms with E-state index >= 15 is 0 Å². The highest BCUT2D eigenvalue weighted by Gasteiger charge is 2.50. The average molecular weight is 269 g/mol. The Morgan fingerprint density at radius 2 is 1.78 bits per heavy atom. The summed E-state index contributed by atoms with van der Waals surface area (Å²) in [5.41, 5.74) is 4.26. The zero-order chi connectivity index (χ0) is 14.6. The van der Waals surface area contributed by atoms with Gasteiger partial charge in [-0.1, -0.05) is 34.1 Å².